The number of hydrogen-bond donors (Lipinski definition) is 2. The minimum Gasteiger partial charge on any atom is -0.497 e. The Kier molecular flexibility index (Phi) is 7.97. The van der Waals surface area contributed by atoms with Crippen molar-refractivity contribution in [1.82, 2.24) is 0 Å². The van der Waals surface area contributed by atoms with Gasteiger partial charge in [0.15, 0.2) is 6.54 Å². The van der Waals surface area contributed by atoms with Crippen molar-refractivity contribution in [1.29, 1.82) is 0 Å². The maximum atomic E-state index is 12.5. The van der Waals surface area contributed by atoms with Crippen LogP contribution >= 0.6 is 0 Å². The first kappa shape index (κ1) is 22.0. The van der Waals surface area contributed by atoms with Gasteiger partial charge in [-0.1, -0.05) is 12.8 Å². The van der Waals surface area contributed by atoms with Gasteiger partial charge in [0, 0.05) is 36.1 Å². The fraction of sp³-hybridized carbons (Fsp3) is 0.458. The van der Waals surface area contributed by atoms with Gasteiger partial charge in [-0.2, -0.15) is 0 Å². The number of benzene rings is 2. The van der Waals surface area contributed by atoms with E-state index < -0.39 is 0 Å². The molecule has 1 unspecified atom stereocenters. The smallest absolute Gasteiger partial charge is 0.279 e. The summed E-state index contributed by atoms with van der Waals surface area (Å²) in [5, 5.41) is 3.02. The summed E-state index contributed by atoms with van der Waals surface area (Å²) in [5.41, 5.74) is 3.13. The predicted molar refractivity (Wildman–Crippen MR) is 121 cm³/mol. The molecule has 1 aliphatic rings. The van der Waals surface area contributed by atoms with E-state index in [1.54, 1.807) is 14.2 Å². The molecule has 2 aromatic carbocycles. The first-order valence-electron chi connectivity index (χ1n) is 10.8. The molecule has 0 aliphatic carbocycles. The van der Waals surface area contributed by atoms with Gasteiger partial charge in [0.1, 0.15) is 18.0 Å². The SMILES string of the molecule is COc1ccc(C[NH+](C)CC(=O)Nc2ccc(N3CCCCCC3)cc2)c(OC)c1. The lowest BCUT2D eigenvalue weighted by atomic mass is 10.2. The van der Waals surface area contributed by atoms with Gasteiger partial charge in [-0.25, -0.2) is 0 Å². The molecular weight excluding hydrogens is 378 g/mol. The molecule has 30 heavy (non-hydrogen) atoms. The Morgan fingerprint density at radius 2 is 1.70 bits per heavy atom. The Morgan fingerprint density at radius 3 is 2.33 bits per heavy atom. The number of carbonyl (C=O) groups excluding carboxylic acids is 1. The highest BCUT2D eigenvalue weighted by atomic mass is 16.5. The van der Waals surface area contributed by atoms with Crippen LogP contribution in [0.2, 0.25) is 0 Å². The normalized spacial score (nSPS) is 15.2. The van der Waals surface area contributed by atoms with Crippen molar-refractivity contribution in [3.8, 4) is 11.5 Å². The van der Waals surface area contributed by atoms with E-state index in [1.807, 2.05) is 37.4 Å². The van der Waals surface area contributed by atoms with Crippen molar-refractivity contribution >= 4 is 17.3 Å². The Morgan fingerprint density at radius 1 is 1.00 bits per heavy atom. The van der Waals surface area contributed by atoms with Crippen LogP contribution in [0.25, 0.3) is 0 Å². The molecule has 6 heteroatoms. The number of anilines is 2. The van der Waals surface area contributed by atoms with Gasteiger partial charge in [0.25, 0.3) is 5.91 Å². The maximum absolute atomic E-state index is 12.5. The van der Waals surface area contributed by atoms with E-state index in [0.29, 0.717) is 13.1 Å². The zero-order chi connectivity index (χ0) is 21.3. The second-order valence-corrected chi connectivity index (χ2v) is 7.98. The lowest BCUT2D eigenvalue weighted by Crippen LogP contribution is -3.08. The minimum absolute atomic E-state index is 0.00232. The van der Waals surface area contributed by atoms with Gasteiger partial charge in [-0.3, -0.25) is 4.79 Å². The molecule has 0 saturated carbocycles. The van der Waals surface area contributed by atoms with Crippen molar-refractivity contribution in [2.45, 2.75) is 32.2 Å². The molecule has 6 nitrogen and oxygen atoms in total. The molecule has 3 rings (SSSR count). The molecule has 0 bridgehead atoms. The molecule has 1 aliphatic heterocycles. The molecule has 2 aromatic rings. The lowest BCUT2D eigenvalue weighted by Gasteiger charge is -2.22. The average Bonchev–Trinajstić information content (AvgIpc) is 3.04. The van der Waals surface area contributed by atoms with Gasteiger partial charge in [0.05, 0.1) is 21.3 Å². The summed E-state index contributed by atoms with van der Waals surface area (Å²) in [6.45, 7) is 3.31. The monoisotopic (exact) mass is 412 g/mol. The number of ether oxygens (including phenoxy) is 2. The number of carbonyl (C=O) groups is 1. The molecule has 1 atom stereocenters. The molecule has 0 aromatic heterocycles. The summed E-state index contributed by atoms with van der Waals surface area (Å²) in [5.74, 6) is 1.54. The van der Waals surface area contributed by atoms with Crippen LogP contribution in [0.1, 0.15) is 31.2 Å². The van der Waals surface area contributed by atoms with Crippen LogP contribution < -0.4 is 24.6 Å². The summed E-state index contributed by atoms with van der Waals surface area (Å²) in [7, 11) is 5.29. The van der Waals surface area contributed by atoms with Crippen LogP contribution in [0.15, 0.2) is 42.5 Å². The van der Waals surface area contributed by atoms with E-state index in [0.717, 1.165) is 40.7 Å². The summed E-state index contributed by atoms with van der Waals surface area (Å²) in [4.78, 5) is 16.0. The van der Waals surface area contributed by atoms with Crippen molar-refractivity contribution in [2.75, 3.05) is 51.1 Å². The predicted octanol–water partition coefficient (Wildman–Crippen LogP) is 2.74. The second-order valence-electron chi connectivity index (χ2n) is 7.98. The van der Waals surface area contributed by atoms with Crippen LogP contribution in [-0.4, -0.2) is 46.8 Å². The Balaban J connectivity index is 1.52. The Hall–Kier alpha value is -2.73. The maximum Gasteiger partial charge on any atom is 0.279 e. The molecule has 0 spiro atoms. The van der Waals surface area contributed by atoms with E-state index in [1.165, 1.54) is 31.4 Å². The number of amides is 1. The number of nitrogens with zero attached hydrogens (tertiary/aromatic N) is 1. The van der Waals surface area contributed by atoms with Gasteiger partial charge >= 0.3 is 0 Å². The van der Waals surface area contributed by atoms with Crippen molar-refractivity contribution in [3.63, 3.8) is 0 Å². The molecular formula is C24H34N3O3+. The molecule has 1 heterocycles. The Labute approximate surface area is 179 Å². The number of quaternary nitrogens is 1. The standard InChI is InChI=1S/C24H33N3O3/c1-26(17-19-8-13-22(29-2)16-23(19)30-3)18-24(28)25-20-9-11-21(12-10-20)27-14-6-4-5-7-15-27/h8-13,16H,4-7,14-15,17-18H2,1-3H3,(H,25,28)/p+1. The quantitative estimate of drug-likeness (QED) is 0.700. The summed E-state index contributed by atoms with van der Waals surface area (Å²) < 4.78 is 10.7. The van der Waals surface area contributed by atoms with E-state index in [4.69, 9.17) is 9.47 Å². The topological polar surface area (TPSA) is 55.2 Å². The lowest BCUT2D eigenvalue weighted by molar-refractivity contribution is -0.885. The van der Waals surface area contributed by atoms with Gasteiger partial charge in [0.2, 0.25) is 0 Å². The molecule has 0 radical (unpaired) electrons. The third kappa shape index (κ3) is 6.13. The number of methoxy groups -OCH3 is 2. The van der Waals surface area contributed by atoms with E-state index >= 15 is 0 Å². The highest BCUT2D eigenvalue weighted by Gasteiger charge is 2.15. The van der Waals surface area contributed by atoms with Gasteiger partial charge < -0.3 is 24.6 Å². The van der Waals surface area contributed by atoms with Crippen LogP contribution in [0, 0.1) is 0 Å². The van der Waals surface area contributed by atoms with Crippen LogP contribution in [0.3, 0.4) is 0 Å². The molecule has 162 valence electrons. The van der Waals surface area contributed by atoms with Gasteiger partial charge in [-0.05, 0) is 49.2 Å². The van der Waals surface area contributed by atoms with E-state index in [-0.39, 0.29) is 5.91 Å². The van der Waals surface area contributed by atoms with E-state index in [2.05, 4.69) is 22.3 Å². The number of likely N-dealkylation sites (N-methyl/N-ethyl adjacent to an activating group) is 1. The van der Waals surface area contributed by atoms with Crippen molar-refractivity contribution in [2.24, 2.45) is 0 Å². The zero-order valence-corrected chi connectivity index (χ0v) is 18.4. The third-order valence-corrected chi connectivity index (χ3v) is 5.57. The third-order valence-electron chi connectivity index (χ3n) is 5.57. The molecule has 1 saturated heterocycles. The number of hydrogen-bond acceptors (Lipinski definition) is 4. The Bertz CT molecular complexity index is 815. The zero-order valence-electron chi connectivity index (χ0n) is 18.4. The molecule has 1 amide bonds. The van der Waals surface area contributed by atoms with Crippen LogP contribution in [0.5, 0.6) is 11.5 Å². The first-order valence-corrected chi connectivity index (χ1v) is 10.8. The number of rotatable bonds is 8. The first-order chi connectivity index (χ1) is 14.6. The largest absolute Gasteiger partial charge is 0.497 e. The van der Waals surface area contributed by atoms with Gasteiger partial charge in [-0.15, -0.1) is 0 Å². The van der Waals surface area contributed by atoms with Crippen molar-refractivity contribution in [3.05, 3.63) is 48.0 Å². The van der Waals surface area contributed by atoms with Crippen LogP contribution in [0.4, 0.5) is 11.4 Å². The second kappa shape index (κ2) is 10.9. The average molecular weight is 413 g/mol. The molecule has 2 N–H and O–H groups in total. The highest BCUT2D eigenvalue weighted by molar-refractivity contribution is 5.91. The summed E-state index contributed by atoms with van der Waals surface area (Å²) in [6, 6.07) is 14.0. The summed E-state index contributed by atoms with van der Waals surface area (Å²) >= 11 is 0. The minimum atomic E-state index is 0.00232. The van der Waals surface area contributed by atoms with Crippen LogP contribution in [-0.2, 0) is 11.3 Å². The van der Waals surface area contributed by atoms with E-state index in [9.17, 15) is 4.79 Å². The van der Waals surface area contributed by atoms with Crippen molar-refractivity contribution < 1.29 is 19.2 Å². The highest BCUT2D eigenvalue weighted by Crippen LogP contribution is 2.24. The number of nitrogens with one attached hydrogen (secondary N) is 2. The summed E-state index contributed by atoms with van der Waals surface area (Å²) in [6.07, 6.45) is 5.16. The molecule has 1 fully saturated rings. The fourth-order valence-corrected chi connectivity index (χ4v) is 3.95. The fourth-order valence-electron chi connectivity index (χ4n) is 3.95.